The van der Waals surface area contributed by atoms with Crippen LogP contribution in [0.3, 0.4) is 0 Å². The number of carboxylic acids is 2. The summed E-state index contributed by atoms with van der Waals surface area (Å²) in [4.78, 5) is 21.2. The zero-order valence-corrected chi connectivity index (χ0v) is 20.0. The van der Waals surface area contributed by atoms with Crippen LogP contribution in [-0.4, -0.2) is 35.4 Å². The van der Waals surface area contributed by atoms with Crippen LogP contribution in [0.25, 0.3) is 11.1 Å². The Labute approximate surface area is 202 Å². The molecule has 186 valence electrons. The Morgan fingerprint density at radius 1 is 0.559 bits per heavy atom. The molecule has 0 unspecified atom stereocenters. The van der Waals surface area contributed by atoms with Crippen molar-refractivity contribution in [2.45, 2.75) is 77.0 Å². The molecule has 2 rings (SSSR count). The van der Waals surface area contributed by atoms with Gasteiger partial charge in [-0.3, -0.25) is 9.59 Å². The van der Waals surface area contributed by atoms with Crippen LogP contribution in [0, 0.1) is 0 Å². The number of ether oxygens (including phenoxy) is 2. The maximum Gasteiger partial charge on any atom is 0.303 e. The summed E-state index contributed by atoms with van der Waals surface area (Å²) in [5.74, 6) is -0.186. The summed E-state index contributed by atoms with van der Waals surface area (Å²) in [6.07, 6.45) is 10.5. The number of unbranched alkanes of at least 4 members (excludes halogenated alkanes) is 8. The standard InChI is InChI=1S/C28H38O6/c29-27(30)16-11-6-4-2-1-3-5-7-12-20-34-26-22-24(23-14-9-8-10-15-23)18-19-25(26)33-21-13-17-28(31)32/h8-10,14-15,18-19,22H,1-7,11-13,16-17,20-21H2,(H,29,30)(H,31,32). The molecule has 0 fully saturated rings. The van der Waals surface area contributed by atoms with Gasteiger partial charge >= 0.3 is 11.9 Å². The highest BCUT2D eigenvalue weighted by Crippen LogP contribution is 2.33. The summed E-state index contributed by atoms with van der Waals surface area (Å²) in [5.41, 5.74) is 2.16. The fourth-order valence-electron chi connectivity index (χ4n) is 3.75. The maximum absolute atomic E-state index is 10.7. The molecule has 0 aliphatic heterocycles. The minimum absolute atomic E-state index is 0.0840. The zero-order valence-electron chi connectivity index (χ0n) is 20.0. The van der Waals surface area contributed by atoms with Gasteiger partial charge in [-0.05, 0) is 42.5 Å². The fourth-order valence-corrected chi connectivity index (χ4v) is 3.75. The Morgan fingerprint density at radius 3 is 1.74 bits per heavy atom. The summed E-state index contributed by atoms with van der Waals surface area (Å²) in [7, 11) is 0. The van der Waals surface area contributed by atoms with Crippen molar-refractivity contribution >= 4 is 11.9 Å². The quantitative estimate of drug-likeness (QED) is 0.216. The average Bonchev–Trinajstić information content (AvgIpc) is 2.83. The van der Waals surface area contributed by atoms with E-state index >= 15 is 0 Å². The van der Waals surface area contributed by atoms with Crippen molar-refractivity contribution in [3.05, 3.63) is 48.5 Å². The van der Waals surface area contributed by atoms with Crippen LogP contribution in [-0.2, 0) is 9.59 Å². The van der Waals surface area contributed by atoms with Gasteiger partial charge in [0.05, 0.1) is 13.2 Å². The first kappa shape index (κ1) is 27.2. The third-order valence-corrected chi connectivity index (χ3v) is 5.64. The Bertz CT molecular complexity index is 849. The van der Waals surface area contributed by atoms with Gasteiger partial charge in [-0.25, -0.2) is 0 Å². The van der Waals surface area contributed by atoms with E-state index in [1.54, 1.807) is 0 Å². The molecule has 0 amide bonds. The number of aliphatic carboxylic acids is 2. The van der Waals surface area contributed by atoms with Crippen LogP contribution >= 0.6 is 0 Å². The van der Waals surface area contributed by atoms with Gasteiger partial charge < -0.3 is 19.7 Å². The van der Waals surface area contributed by atoms with Crippen molar-refractivity contribution in [3.8, 4) is 22.6 Å². The van der Waals surface area contributed by atoms with E-state index in [0.717, 1.165) is 43.2 Å². The third kappa shape index (κ3) is 11.7. The van der Waals surface area contributed by atoms with Crippen LogP contribution in [0.1, 0.15) is 77.0 Å². The highest BCUT2D eigenvalue weighted by molar-refractivity contribution is 5.67. The number of hydrogen-bond acceptors (Lipinski definition) is 4. The minimum atomic E-state index is -0.822. The number of hydrogen-bond donors (Lipinski definition) is 2. The summed E-state index contributed by atoms with van der Waals surface area (Å²) in [5, 5.41) is 17.5. The van der Waals surface area contributed by atoms with E-state index in [0.29, 0.717) is 31.1 Å². The van der Waals surface area contributed by atoms with Crippen LogP contribution in [0.15, 0.2) is 48.5 Å². The largest absolute Gasteiger partial charge is 0.490 e. The SMILES string of the molecule is O=C(O)CCCCCCCCCCCOc1cc(-c2ccccc2)ccc1OCCCC(=O)O. The molecule has 0 atom stereocenters. The van der Waals surface area contributed by atoms with E-state index in [4.69, 9.17) is 19.7 Å². The topological polar surface area (TPSA) is 93.1 Å². The second-order valence-electron chi connectivity index (χ2n) is 8.55. The van der Waals surface area contributed by atoms with Gasteiger partial charge in [0.25, 0.3) is 0 Å². The monoisotopic (exact) mass is 470 g/mol. The Kier molecular flexibility index (Phi) is 13.3. The van der Waals surface area contributed by atoms with Crippen LogP contribution in [0.2, 0.25) is 0 Å². The number of rotatable bonds is 19. The summed E-state index contributed by atoms with van der Waals surface area (Å²) < 4.78 is 11.9. The molecule has 0 aliphatic carbocycles. The molecule has 0 heterocycles. The molecule has 0 aliphatic rings. The lowest BCUT2D eigenvalue weighted by Crippen LogP contribution is -2.05. The highest BCUT2D eigenvalue weighted by Gasteiger charge is 2.09. The van der Waals surface area contributed by atoms with E-state index < -0.39 is 11.9 Å². The van der Waals surface area contributed by atoms with Crippen LogP contribution in [0.4, 0.5) is 0 Å². The van der Waals surface area contributed by atoms with Gasteiger partial charge in [-0.1, -0.05) is 81.3 Å². The number of benzene rings is 2. The lowest BCUT2D eigenvalue weighted by atomic mass is 10.1. The van der Waals surface area contributed by atoms with Crippen molar-refractivity contribution < 1.29 is 29.3 Å². The Hall–Kier alpha value is -3.02. The molecule has 0 radical (unpaired) electrons. The predicted octanol–water partition coefficient (Wildman–Crippen LogP) is 6.96. The Balaban J connectivity index is 1.73. The molecule has 0 saturated carbocycles. The zero-order chi connectivity index (χ0) is 24.4. The summed E-state index contributed by atoms with van der Waals surface area (Å²) >= 11 is 0. The molecular formula is C28H38O6. The summed E-state index contributed by atoms with van der Waals surface area (Å²) in [6, 6.07) is 16.0. The molecule has 2 aromatic carbocycles. The highest BCUT2D eigenvalue weighted by atomic mass is 16.5. The van der Waals surface area contributed by atoms with Crippen molar-refractivity contribution in [2.75, 3.05) is 13.2 Å². The van der Waals surface area contributed by atoms with Crippen molar-refractivity contribution in [2.24, 2.45) is 0 Å². The van der Waals surface area contributed by atoms with Gasteiger partial charge in [0.2, 0.25) is 0 Å². The van der Waals surface area contributed by atoms with Gasteiger partial charge in [0, 0.05) is 12.8 Å². The van der Waals surface area contributed by atoms with E-state index in [1.165, 1.54) is 25.7 Å². The minimum Gasteiger partial charge on any atom is -0.490 e. The lowest BCUT2D eigenvalue weighted by Gasteiger charge is -2.14. The maximum atomic E-state index is 10.7. The molecule has 0 bridgehead atoms. The van der Waals surface area contributed by atoms with E-state index in [9.17, 15) is 9.59 Å². The van der Waals surface area contributed by atoms with Crippen molar-refractivity contribution in [3.63, 3.8) is 0 Å². The van der Waals surface area contributed by atoms with E-state index in [2.05, 4.69) is 12.1 Å². The van der Waals surface area contributed by atoms with Crippen LogP contribution < -0.4 is 9.47 Å². The number of carbonyl (C=O) groups is 2. The van der Waals surface area contributed by atoms with Crippen LogP contribution in [0.5, 0.6) is 11.5 Å². The molecule has 6 nitrogen and oxygen atoms in total. The number of carboxylic acid groups (broad SMARTS) is 2. The molecule has 2 aromatic rings. The summed E-state index contributed by atoms with van der Waals surface area (Å²) in [6.45, 7) is 0.947. The molecular weight excluding hydrogens is 432 g/mol. The van der Waals surface area contributed by atoms with Crippen molar-refractivity contribution in [1.82, 2.24) is 0 Å². The second-order valence-corrected chi connectivity index (χ2v) is 8.55. The predicted molar refractivity (Wildman–Crippen MR) is 134 cm³/mol. The normalized spacial score (nSPS) is 10.7. The van der Waals surface area contributed by atoms with E-state index in [-0.39, 0.29) is 12.8 Å². The van der Waals surface area contributed by atoms with Gasteiger partial charge in [-0.15, -0.1) is 0 Å². The first-order chi connectivity index (χ1) is 16.6. The molecule has 34 heavy (non-hydrogen) atoms. The van der Waals surface area contributed by atoms with E-state index in [1.807, 2.05) is 36.4 Å². The van der Waals surface area contributed by atoms with Crippen molar-refractivity contribution in [1.29, 1.82) is 0 Å². The molecule has 0 spiro atoms. The fraction of sp³-hybridized carbons (Fsp3) is 0.500. The third-order valence-electron chi connectivity index (χ3n) is 5.64. The Morgan fingerprint density at radius 2 is 1.09 bits per heavy atom. The molecule has 2 N–H and O–H groups in total. The second kappa shape index (κ2) is 16.6. The van der Waals surface area contributed by atoms with Gasteiger partial charge in [0.15, 0.2) is 11.5 Å². The molecule has 6 heteroatoms. The lowest BCUT2D eigenvalue weighted by molar-refractivity contribution is -0.138. The molecule has 0 aromatic heterocycles. The first-order valence-electron chi connectivity index (χ1n) is 12.4. The molecule has 0 saturated heterocycles. The average molecular weight is 471 g/mol. The first-order valence-corrected chi connectivity index (χ1v) is 12.4. The smallest absolute Gasteiger partial charge is 0.303 e. The van der Waals surface area contributed by atoms with Gasteiger partial charge in [-0.2, -0.15) is 0 Å². The van der Waals surface area contributed by atoms with Gasteiger partial charge in [0.1, 0.15) is 0 Å².